The van der Waals surface area contributed by atoms with Crippen LogP contribution >= 0.6 is 0 Å². The molecule has 7 rings (SSSR count). The first-order valence-corrected chi connectivity index (χ1v) is 9.20. The van der Waals surface area contributed by atoms with E-state index in [1.54, 1.807) is 0 Å². The molecule has 0 bridgehead atoms. The topological polar surface area (TPSA) is 17.6 Å². The third-order valence-corrected chi connectivity index (χ3v) is 5.95. The molecule has 2 heteroatoms. The van der Waals surface area contributed by atoms with Crippen molar-refractivity contribution in [1.82, 2.24) is 4.40 Å². The van der Waals surface area contributed by atoms with Gasteiger partial charge < -0.3 is 8.82 Å². The highest BCUT2D eigenvalue weighted by Gasteiger charge is 2.20. The lowest BCUT2D eigenvalue weighted by molar-refractivity contribution is 0.669. The number of nitrogens with zero attached hydrogens (tertiary/aromatic N) is 1. The molecule has 0 saturated heterocycles. The monoisotopic (exact) mass is 333 g/mol. The van der Waals surface area contributed by atoms with Crippen molar-refractivity contribution < 1.29 is 4.42 Å². The molecule has 1 aliphatic carbocycles. The van der Waals surface area contributed by atoms with Crippen LogP contribution in [0, 0.1) is 0 Å². The van der Waals surface area contributed by atoms with E-state index in [0.717, 1.165) is 24.0 Å². The van der Waals surface area contributed by atoms with Crippen molar-refractivity contribution in [3.05, 3.63) is 65.2 Å². The van der Waals surface area contributed by atoms with Crippen LogP contribution in [-0.2, 0) is 0 Å². The summed E-state index contributed by atoms with van der Waals surface area (Å²) in [5.74, 6) is 0. The van der Waals surface area contributed by atoms with Gasteiger partial charge >= 0.3 is 0 Å². The SMILES string of the molecule is C1=c2c(n3c4ccc5oc6ccccc6c5c4c4cccc2c43)=CCC1. The Balaban J connectivity index is 1.91. The van der Waals surface area contributed by atoms with Crippen molar-refractivity contribution in [1.29, 1.82) is 0 Å². The van der Waals surface area contributed by atoms with Crippen LogP contribution in [0.4, 0.5) is 0 Å². The fraction of sp³-hybridized carbons (Fsp3) is 0.0833. The van der Waals surface area contributed by atoms with Crippen molar-refractivity contribution in [3.63, 3.8) is 0 Å². The van der Waals surface area contributed by atoms with E-state index < -0.39 is 0 Å². The third-order valence-electron chi connectivity index (χ3n) is 5.95. The van der Waals surface area contributed by atoms with Crippen LogP contribution in [0.25, 0.3) is 61.3 Å². The van der Waals surface area contributed by atoms with E-state index in [4.69, 9.17) is 4.42 Å². The lowest BCUT2D eigenvalue weighted by Gasteiger charge is -2.00. The van der Waals surface area contributed by atoms with Gasteiger partial charge in [-0.15, -0.1) is 0 Å². The lowest BCUT2D eigenvalue weighted by Crippen LogP contribution is -2.27. The highest BCUT2D eigenvalue weighted by atomic mass is 16.3. The summed E-state index contributed by atoms with van der Waals surface area (Å²) >= 11 is 0. The van der Waals surface area contributed by atoms with Crippen molar-refractivity contribution in [2.24, 2.45) is 0 Å². The van der Waals surface area contributed by atoms with E-state index >= 15 is 0 Å². The summed E-state index contributed by atoms with van der Waals surface area (Å²) in [4.78, 5) is 0. The number of aromatic nitrogens is 1. The van der Waals surface area contributed by atoms with Gasteiger partial charge in [-0.3, -0.25) is 0 Å². The van der Waals surface area contributed by atoms with E-state index in [-0.39, 0.29) is 0 Å². The normalized spacial score (nSPS) is 14.5. The molecular formula is C24H15NO. The molecule has 0 spiro atoms. The standard InChI is InChI=1S/C24H15NO/c1-3-10-18-14(6-1)15-8-5-9-17-22-19(25(18)24(15)17)12-13-21-23(22)16-7-2-4-11-20(16)26-21/h2,4-13H,1,3H2. The maximum Gasteiger partial charge on any atom is 0.136 e. The van der Waals surface area contributed by atoms with Gasteiger partial charge in [-0.25, -0.2) is 0 Å². The zero-order valence-corrected chi connectivity index (χ0v) is 14.1. The molecule has 0 fully saturated rings. The molecule has 0 unspecified atom stereocenters. The quantitative estimate of drug-likeness (QED) is 0.385. The second-order valence-electron chi connectivity index (χ2n) is 7.25. The van der Waals surface area contributed by atoms with Gasteiger partial charge in [-0.1, -0.05) is 48.6 Å². The largest absolute Gasteiger partial charge is 0.456 e. The Bertz CT molecular complexity index is 1630. The molecule has 6 aromatic rings. The van der Waals surface area contributed by atoms with E-state index in [1.165, 1.54) is 48.5 Å². The highest BCUT2D eigenvalue weighted by Crippen LogP contribution is 2.39. The third kappa shape index (κ3) is 1.34. The number of hydrogen-bond donors (Lipinski definition) is 0. The molecule has 0 saturated carbocycles. The molecule has 1 aliphatic rings. The smallest absolute Gasteiger partial charge is 0.136 e. The predicted molar refractivity (Wildman–Crippen MR) is 108 cm³/mol. The fourth-order valence-electron chi connectivity index (χ4n) is 4.96. The Kier molecular flexibility index (Phi) is 2.14. The molecule has 0 atom stereocenters. The lowest BCUT2D eigenvalue weighted by atomic mass is 10.0. The second-order valence-corrected chi connectivity index (χ2v) is 7.25. The zero-order chi connectivity index (χ0) is 16.8. The number of rotatable bonds is 0. The Morgan fingerprint density at radius 2 is 1.54 bits per heavy atom. The van der Waals surface area contributed by atoms with Crippen LogP contribution in [0.2, 0.25) is 0 Å². The number of hydrogen-bond acceptors (Lipinski definition) is 1. The number of furan rings is 1. The minimum Gasteiger partial charge on any atom is -0.456 e. The van der Waals surface area contributed by atoms with Crippen LogP contribution in [0.3, 0.4) is 0 Å². The van der Waals surface area contributed by atoms with E-state index in [1.807, 2.05) is 6.07 Å². The van der Waals surface area contributed by atoms with Gasteiger partial charge in [0.1, 0.15) is 11.2 Å². The maximum atomic E-state index is 6.14. The summed E-state index contributed by atoms with van der Waals surface area (Å²) in [5.41, 5.74) is 4.56. The minimum atomic E-state index is 0.960. The van der Waals surface area contributed by atoms with Crippen LogP contribution in [0.15, 0.2) is 59.0 Å². The molecule has 0 aliphatic heterocycles. The second kappa shape index (κ2) is 4.28. The maximum absolute atomic E-state index is 6.14. The molecule has 26 heavy (non-hydrogen) atoms. The average molecular weight is 333 g/mol. The Morgan fingerprint density at radius 1 is 0.692 bits per heavy atom. The molecule has 122 valence electrons. The van der Waals surface area contributed by atoms with E-state index in [2.05, 4.69) is 65.1 Å². The molecule has 2 nitrogen and oxygen atoms in total. The first-order valence-electron chi connectivity index (χ1n) is 9.20. The molecule has 3 aromatic heterocycles. The van der Waals surface area contributed by atoms with Gasteiger partial charge in [0.15, 0.2) is 0 Å². The molecule has 0 radical (unpaired) electrons. The number of fused-ring (bicyclic) bond motifs is 10. The number of benzene rings is 3. The van der Waals surface area contributed by atoms with Crippen LogP contribution < -0.4 is 10.6 Å². The Morgan fingerprint density at radius 3 is 2.54 bits per heavy atom. The molecule has 0 N–H and O–H groups in total. The Hall–Kier alpha value is -3.26. The van der Waals surface area contributed by atoms with Gasteiger partial charge in [-0.05, 0) is 31.0 Å². The number of para-hydroxylation sites is 2. The van der Waals surface area contributed by atoms with Gasteiger partial charge in [0.25, 0.3) is 0 Å². The van der Waals surface area contributed by atoms with Crippen molar-refractivity contribution in [3.8, 4) is 0 Å². The minimum absolute atomic E-state index is 0.960. The summed E-state index contributed by atoms with van der Waals surface area (Å²) in [5, 5.41) is 9.20. The predicted octanol–water partition coefficient (Wildman–Crippen LogP) is 4.94. The van der Waals surface area contributed by atoms with Crippen molar-refractivity contribution >= 4 is 61.3 Å². The average Bonchev–Trinajstić information content (AvgIpc) is 3.33. The molecular weight excluding hydrogens is 318 g/mol. The molecule has 3 heterocycles. The van der Waals surface area contributed by atoms with Gasteiger partial charge in [0.2, 0.25) is 0 Å². The summed E-state index contributed by atoms with van der Waals surface area (Å²) in [6.45, 7) is 0. The summed E-state index contributed by atoms with van der Waals surface area (Å²) in [7, 11) is 0. The van der Waals surface area contributed by atoms with Gasteiger partial charge in [-0.2, -0.15) is 0 Å². The van der Waals surface area contributed by atoms with Crippen molar-refractivity contribution in [2.45, 2.75) is 12.8 Å². The van der Waals surface area contributed by atoms with Gasteiger partial charge in [0, 0.05) is 37.5 Å². The highest BCUT2D eigenvalue weighted by molar-refractivity contribution is 6.28. The van der Waals surface area contributed by atoms with E-state index in [0.29, 0.717) is 0 Å². The summed E-state index contributed by atoms with van der Waals surface area (Å²) in [6.07, 6.45) is 7.04. The first kappa shape index (κ1) is 13.0. The summed E-state index contributed by atoms with van der Waals surface area (Å²) < 4.78 is 8.60. The van der Waals surface area contributed by atoms with Crippen LogP contribution in [0.5, 0.6) is 0 Å². The Labute approximate surface area is 148 Å². The zero-order valence-electron chi connectivity index (χ0n) is 14.1. The molecule has 3 aromatic carbocycles. The van der Waals surface area contributed by atoms with Crippen molar-refractivity contribution in [2.75, 3.05) is 0 Å². The molecule has 0 amide bonds. The van der Waals surface area contributed by atoms with E-state index in [9.17, 15) is 0 Å². The van der Waals surface area contributed by atoms with Gasteiger partial charge in [0.05, 0.1) is 11.0 Å². The first-order chi connectivity index (χ1) is 12.9. The van der Waals surface area contributed by atoms with Crippen LogP contribution in [0.1, 0.15) is 12.8 Å². The summed E-state index contributed by atoms with van der Waals surface area (Å²) in [6, 6.07) is 19.4. The fourth-order valence-corrected chi connectivity index (χ4v) is 4.96. The van der Waals surface area contributed by atoms with Crippen LogP contribution in [-0.4, -0.2) is 4.40 Å².